The molecule has 1 fully saturated rings. The zero-order chi connectivity index (χ0) is 53.3. The molecule has 0 spiro atoms. The van der Waals surface area contributed by atoms with E-state index in [-0.39, 0.29) is 12.8 Å². The fourth-order valence-electron chi connectivity index (χ4n) is 8.49. The van der Waals surface area contributed by atoms with Crippen molar-refractivity contribution in [1.29, 1.82) is 0 Å². The van der Waals surface area contributed by atoms with Gasteiger partial charge in [0.15, 0.2) is 0 Å². The van der Waals surface area contributed by atoms with Crippen molar-refractivity contribution >= 4 is 23.9 Å². The summed E-state index contributed by atoms with van der Waals surface area (Å²) < 4.78 is 10.4. The Bertz CT molecular complexity index is 2240. The van der Waals surface area contributed by atoms with Gasteiger partial charge in [-0.3, -0.25) is 9.59 Å². The highest BCUT2D eigenvalue weighted by atomic mass is 16.6. The van der Waals surface area contributed by atoms with E-state index in [4.69, 9.17) is 9.47 Å². The fraction of sp³-hybridized carbons (Fsp3) is 0.452. The van der Waals surface area contributed by atoms with E-state index in [2.05, 4.69) is 105 Å². The van der Waals surface area contributed by atoms with Crippen LogP contribution < -0.4 is 21.7 Å². The Balaban J connectivity index is 0.000000290. The number of aliphatic carboxylic acids is 2. The Hall–Kier alpha value is -6.10. The predicted octanol–water partition coefficient (Wildman–Crippen LogP) is 9.72. The highest BCUT2D eigenvalue weighted by Crippen LogP contribution is 2.27. The van der Waals surface area contributed by atoms with Crippen LogP contribution in [0.5, 0.6) is 0 Å². The summed E-state index contributed by atoms with van der Waals surface area (Å²) in [6, 6.07) is 44.6. The van der Waals surface area contributed by atoms with Crippen LogP contribution in [-0.4, -0.2) is 41.1 Å². The second kappa shape index (κ2) is 30.7. The number of ether oxygens (including phenoxy) is 2. The Morgan fingerprint density at radius 2 is 0.931 bits per heavy atom. The van der Waals surface area contributed by atoms with Gasteiger partial charge in [-0.2, -0.15) is 0 Å². The molecule has 0 saturated heterocycles. The summed E-state index contributed by atoms with van der Waals surface area (Å²) in [4.78, 5) is 46.6. The second-order valence-corrected chi connectivity index (χ2v) is 21.2. The summed E-state index contributed by atoms with van der Waals surface area (Å²) in [5.74, 6) is -5.02. The minimum Gasteiger partial charge on any atom is -0.550 e. The molecule has 1 saturated carbocycles. The third-order valence-corrected chi connectivity index (χ3v) is 12.2. The normalized spacial score (nSPS) is 13.8. The molecule has 6 rings (SSSR count). The zero-order valence-electron chi connectivity index (χ0n) is 44.8. The summed E-state index contributed by atoms with van der Waals surface area (Å²) in [5, 5.41) is 22.8. The van der Waals surface area contributed by atoms with Crippen molar-refractivity contribution in [3.05, 3.63) is 155 Å². The first kappa shape index (κ1) is 60.2. The summed E-state index contributed by atoms with van der Waals surface area (Å²) in [5.41, 5.74) is 17.4. The number of carbonyl (C=O) groups excluding carboxylic acids is 4. The van der Waals surface area contributed by atoms with Gasteiger partial charge in [0.1, 0.15) is 17.2 Å². The maximum atomic E-state index is 11.9. The summed E-state index contributed by atoms with van der Waals surface area (Å²) in [7, 11) is 0. The average Bonchev–Trinajstić information content (AvgIpc) is 3.31. The summed E-state index contributed by atoms with van der Waals surface area (Å²) in [6.07, 6.45) is 10.4. The van der Waals surface area contributed by atoms with E-state index < -0.39 is 46.9 Å². The molecular formula is C62H84N2O8. The Labute approximate surface area is 430 Å². The largest absolute Gasteiger partial charge is 0.550 e. The van der Waals surface area contributed by atoms with Crippen LogP contribution >= 0.6 is 0 Å². The van der Waals surface area contributed by atoms with Crippen molar-refractivity contribution in [1.82, 2.24) is 0 Å². The second-order valence-electron chi connectivity index (χ2n) is 21.2. The predicted molar refractivity (Wildman–Crippen MR) is 285 cm³/mol. The standard InChI is InChI=1S/2C24H30O4.C8H11N.C6H13N/c2*1-17-15-18(13-14-21(17)19-10-6-5-7-11-19)9-8-12-20(23(26)27)16-22(25)28-24(2,3)4;1-7(9)8-5-3-2-4-6-8;7-6-4-2-1-3-5-6/h2*5-7,10-11,13-15,20H,8-9,12,16H2,1-4H3,(H,26,27);2-7H,9H2,1H3;6H,1-5,7H2/t2*20-;7-;/m110./s1. The van der Waals surface area contributed by atoms with Crippen molar-refractivity contribution in [2.45, 2.75) is 169 Å². The minimum atomic E-state index is -1.19. The molecule has 6 N–H and O–H groups in total. The maximum Gasteiger partial charge on any atom is 0.306 e. The quantitative estimate of drug-likeness (QED) is 0.0862. The van der Waals surface area contributed by atoms with Gasteiger partial charge in [-0.15, -0.1) is 0 Å². The first-order valence-electron chi connectivity index (χ1n) is 25.9. The first-order valence-corrected chi connectivity index (χ1v) is 25.9. The number of carboxylic acids is 2. The topological polar surface area (TPSA) is 188 Å². The molecule has 3 atom stereocenters. The highest BCUT2D eigenvalue weighted by Gasteiger charge is 2.23. The van der Waals surface area contributed by atoms with Gasteiger partial charge in [0, 0.05) is 29.3 Å². The Morgan fingerprint density at radius 3 is 1.21 bits per heavy atom. The molecule has 0 bridgehead atoms. The molecule has 72 heavy (non-hydrogen) atoms. The lowest BCUT2D eigenvalue weighted by atomic mass is 9.94. The van der Waals surface area contributed by atoms with Crippen molar-refractivity contribution in [3.63, 3.8) is 0 Å². The molecule has 1 aliphatic rings. The van der Waals surface area contributed by atoms with Crippen LogP contribution in [0.2, 0.25) is 0 Å². The number of benzene rings is 5. The van der Waals surface area contributed by atoms with Gasteiger partial charge in [0.05, 0.1) is 18.9 Å². The highest BCUT2D eigenvalue weighted by molar-refractivity contribution is 5.78. The lowest BCUT2D eigenvalue weighted by molar-refractivity contribution is -0.425. The molecular weight excluding hydrogens is 901 g/mol. The van der Waals surface area contributed by atoms with Crippen molar-refractivity contribution < 1.29 is 50.3 Å². The molecule has 10 heteroatoms. The van der Waals surface area contributed by atoms with E-state index in [9.17, 15) is 29.4 Å². The van der Waals surface area contributed by atoms with Gasteiger partial charge in [-0.25, -0.2) is 0 Å². The van der Waals surface area contributed by atoms with E-state index in [1.807, 2.05) is 54.6 Å². The molecule has 0 unspecified atom stereocenters. The maximum absolute atomic E-state index is 11.9. The van der Waals surface area contributed by atoms with Crippen LogP contribution in [0.25, 0.3) is 22.3 Å². The number of hydrogen-bond donors (Lipinski definition) is 2. The molecule has 5 aromatic rings. The number of aryl methyl sites for hydroxylation is 4. The zero-order valence-corrected chi connectivity index (χ0v) is 44.8. The van der Waals surface area contributed by atoms with Crippen molar-refractivity contribution in [2.24, 2.45) is 11.8 Å². The van der Waals surface area contributed by atoms with Crippen LogP contribution in [0, 0.1) is 25.7 Å². The lowest BCUT2D eigenvalue weighted by Gasteiger charge is -2.22. The number of rotatable bonds is 17. The smallest absolute Gasteiger partial charge is 0.306 e. The third kappa shape index (κ3) is 24.3. The molecule has 0 aromatic heterocycles. The van der Waals surface area contributed by atoms with Crippen molar-refractivity contribution in [2.75, 3.05) is 0 Å². The van der Waals surface area contributed by atoms with E-state index >= 15 is 0 Å². The van der Waals surface area contributed by atoms with Gasteiger partial charge >= 0.3 is 11.9 Å². The van der Waals surface area contributed by atoms with Crippen LogP contribution in [0.4, 0.5) is 0 Å². The third-order valence-electron chi connectivity index (χ3n) is 12.2. The van der Waals surface area contributed by atoms with Gasteiger partial charge in [-0.05, 0) is 171 Å². The molecule has 390 valence electrons. The number of esters is 2. The van der Waals surface area contributed by atoms with Crippen molar-refractivity contribution in [3.8, 4) is 22.3 Å². The summed E-state index contributed by atoms with van der Waals surface area (Å²) in [6.45, 7) is 16.8. The first-order chi connectivity index (χ1) is 34.0. The van der Waals surface area contributed by atoms with Gasteiger partial charge < -0.3 is 40.7 Å². The number of carbonyl (C=O) groups is 4. The van der Waals surface area contributed by atoms with Gasteiger partial charge in [0.2, 0.25) is 0 Å². The van der Waals surface area contributed by atoms with Gasteiger partial charge in [0.25, 0.3) is 0 Å². The minimum absolute atomic E-state index is 0.147. The van der Waals surface area contributed by atoms with E-state index in [1.165, 1.54) is 71.0 Å². The lowest BCUT2D eigenvalue weighted by Crippen LogP contribution is -2.61. The summed E-state index contributed by atoms with van der Waals surface area (Å²) >= 11 is 0. The number of hydrogen-bond acceptors (Lipinski definition) is 8. The van der Waals surface area contributed by atoms with Crippen LogP contribution in [-0.2, 0) is 41.5 Å². The molecule has 0 heterocycles. The number of carboxylic acid groups (broad SMARTS) is 2. The molecule has 5 aromatic carbocycles. The molecule has 0 amide bonds. The van der Waals surface area contributed by atoms with E-state index in [1.54, 1.807) is 41.5 Å². The monoisotopic (exact) mass is 985 g/mol. The van der Waals surface area contributed by atoms with Gasteiger partial charge in [-0.1, -0.05) is 134 Å². The van der Waals surface area contributed by atoms with Crippen LogP contribution in [0.1, 0.15) is 153 Å². The van der Waals surface area contributed by atoms with E-state index in [0.29, 0.717) is 31.7 Å². The number of quaternary nitrogens is 2. The molecule has 10 nitrogen and oxygen atoms in total. The van der Waals surface area contributed by atoms with Crippen LogP contribution in [0.15, 0.2) is 127 Å². The molecule has 0 radical (unpaired) electrons. The van der Waals surface area contributed by atoms with E-state index in [0.717, 1.165) is 30.0 Å². The average molecular weight is 985 g/mol. The SMILES string of the molecule is C[C@H]([NH3+])c1ccccc1.Cc1cc(CCC[C@H](CC(=O)OC(C)(C)C)C(=O)[O-])ccc1-c1ccccc1.Cc1cc(CCC[C@H](CC(=O)OC(C)(C)C)C(=O)[O-])ccc1-c1ccccc1.[NH3+]C1CCCCC1. The Morgan fingerprint density at radius 1 is 0.569 bits per heavy atom. The molecule has 1 aliphatic carbocycles. The fourth-order valence-corrected chi connectivity index (χ4v) is 8.49. The van der Waals surface area contributed by atoms with Crippen LogP contribution in [0.3, 0.4) is 0 Å². The Kier molecular flexibility index (Phi) is 25.7. The molecule has 0 aliphatic heterocycles.